The molecule has 1 aliphatic carbocycles. The van der Waals surface area contributed by atoms with Crippen LogP contribution in [0.25, 0.3) is 0 Å². The van der Waals surface area contributed by atoms with Gasteiger partial charge in [0.2, 0.25) is 11.8 Å². The molecule has 0 spiro atoms. The highest BCUT2D eigenvalue weighted by atomic mass is 19.3. The molecule has 2 atom stereocenters. The van der Waals surface area contributed by atoms with Gasteiger partial charge in [-0.3, -0.25) is 4.79 Å². The van der Waals surface area contributed by atoms with Gasteiger partial charge in [-0.15, -0.1) is 0 Å². The quantitative estimate of drug-likeness (QED) is 0.727. The lowest BCUT2D eigenvalue weighted by Crippen LogP contribution is -2.53. The van der Waals surface area contributed by atoms with Crippen molar-refractivity contribution in [1.82, 2.24) is 9.80 Å². The molecule has 3 rings (SSSR count). The molecule has 0 aromatic heterocycles. The van der Waals surface area contributed by atoms with Crippen LogP contribution in [0.5, 0.6) is 0 Å². The zero-order valence-corrected chi connectivity index (χ0v) is 11.9. The second-order valence-corrected chi connectivity index (χ2v) is 6.47. The minimum Gasteiger partial charge on any atom is -0.375 e. The number of likely N-dealkylation sites (N-methyl/N-ethyl adjacent to an activating group) is 1. The normalized spacial score (nSPS) is 35.0. The summed E-state index contributed by atoms with van der Waals surface area (Å²) in [5, 5.41) is 0. The summed E-state index contributed by atoms with van der Waals surface area (Å²) in [5.41, 5.74) is 0. The molecule has 2 saturated heterocycles. The maximum absolute atomic E-state index is 12.9. The van der Waals surface area contributed by atoms with Gasteiger partial charge < -0.3 is 14.5 Å². The predicted octanol–water partition coefficient (Wildman–Crippen LogP) is 1.21. The number of hydrogen-bond acceptors (Lipinski definition) is 3. The number of rotatable bonds is 1. The van der Waals surface area contributed by atoms with Crippen molar-refractivity contribution in [3.8, 4) is 0 Å². The fourth-order valence-corrected chi connectivity index (χ4v) is 3.51. The Labute approximate surface area is 118 Å². The van der Waals surface area contributed by atoms with Gasteiger partial charge in [-0.05, 0) is 13.5 Å². The number of likely N-dealkylation sites (tertiary alicyclic amines) is 1. The van der Waals surface area contributed by atoms with Crippen molar-refractivity contribution < 1.29 is 18.3 Å². The summed E-state index contributed by atoms with van der Waals surface area (Å²) >= 11 is 0. The second kappa shape index (κ2) is 5.22. The predicted molar refractivity (Wildman–Crippen MR) is 69.6 cm³/mol. The first kappa shape index (κ1) is 14.2. The largest absolute Gasteiger partial charge is 0.375 e. The maximum atomic E-state index is 12.9. The summed E-state index contributed by atoms with van der Waals surface area (Å²) in [5.74, 6) is -2.75. The lowest BCUT2D eigenvalue weighted by molar-refractivity contribution is -0.164. The molecule has 3 fully saturated rings. The average Bonchev–Trinajstić information content (AvgIpc) is 2.54. The third-order valence-corrected chi connectivity index (χ3v) is 4.80. The number of alkyl halides is 2. The summed E-state index contributed by atoms with van der Waals surface area (Å²) in [6, 6.07) is 0. The van der Waals surface area contributed by atoms with E-state index in [4.69, 9.17) is 4.74 Å². The van der Waals surface area contributed by atoms with Crippen LogP contribution in [-0.2, 0) is 9.53 Å². The molecular weight excluding hydrogens is 266 g/mol. The van der Waals surface area contributed by atoms with Crippen molar-refractivity contribution in [2.24, 2.45) is 11.8 Å². The van der Waals surface area contributed by atoms with Gasteiger partial charge in [0.1, 0.15) is 0 Å². The van der Waals surface area contributed by atoms with Crippen LogP contribution in [0, 0.1) is 11.8 Å². The SMILES string of the molecule is CN1CCO[C@@H]2CN(C(=O)C3CC(F)(F)C3)CC[C@@H]2C1. The van der Waals surface area contributed by atoms with Gasteiger partial charge >= 0.3 is 0 Å². The van der Waals surface area contributed by atoms with Gasteiger partial charge in [0.25, 0.3) is 0 Å². The topological polar surface area (TPSA) is 32.8 Å². The van der Waals surface area contributed by atoms with Crippen LogP contribution >= 0.6 is 0 Å². The molecule has 1 saturated carbocycles. The number of ether oxygens (including phenoxy) is 1. The summed E-state index contributed by atoms with van der Waals surface area (Å²) in [6.07, 6.45) is 0.419. The fourth-order valence-electron chi connectivity index (χ4n) is 3.51. The van der Waals surface area contributed by atoms with Crippen LogP contribution in [-0.4, -0.2) is 67.6 Å². The first-order chi connectivity index (χ1) is 9.44. The molecular formula is C14H22F2N2O2. The summed E-state index contributed by atoms with van der Waals surface area (Å²) in [4.78, 5) is 16.2. The number of carbonyl (C=O) groups excluding carboxylic acids is 1. The van der Waals surface area contributed by atoms with Gasteiger partial charge in [-0.25, -0.2) is 8.78 Å². The Morgan fingerprint density at radius 1 is 1.25 bits per heavy atom. The van der Waals surface area contributed by atoms with E-state index < -0.39 is 11.8 Å². The van der Waals surface area contributed by atoms with Crippen molar-refractivity contribution in [2.45, 2.75) is 31.3 Å². The number of nitrogens with zero attached hydrogens (tertiary/aromatic N) is 2. The van der Waals surface area contributed by atoms with Gasteiger partial charge in [0, 0.05) is 50.9 Å². The van der Waals surface area contributed by atoms with E-state index in [-0.39, 0.29) is 24.9 Å². The Hall–Kier alpha value is -0.750. The lowest BCUT2D eigenvalue weighted by Gasteiger charge is -2.42. The fraction of sp³-hybridized carbons (Fsp3) is 0.929. The summed E-state index contributed by atoms with van der Waals surface area (Å²) in [6.45, 7) is 3.84. The lowest BCUT2D eigenvalue weighted by atomic mass is 9.79. The standard InChI is InChI=1S/C14H22F2N2O2/c1-17-4-5-20-12-9-18(3-2-10(12)8-17)13(19)11-6-14(15,16)7-11/h10-12H,2-9H2,1H3/t10-,12-/m1/s1. The number of amides is 1. The first-order valence-electron chi connectivity index (χ1n) is 7.41. The summed E-state index contributed by atoms with van der Waals surface area (Å²) in [7, 11) is 2.08. The zero-order valence-electron chi connectivity index (χ0n) is 11.9. The van der Waals surface area contributed by atoms with Gasteiger partial charge in [0.15, 0.2) is 0 Å². The van der Waals surface area contributed by atoms with Crippen molar-refractivity contribution in [2.75, 3.05) is 39.8 Å². The molecule has 2 aliphatic heterocycles. The monoisotopic (exact) mass is 288 g/mol. The molecule has 114 valence electrons. The van der Waals surface area contributed by atoms with E-state index in [1.807, 2.05) is 0 Å². The zero-order chi connectivity index (χ0) is 14.3. The van der Waals surface area contributed by atoms with E-state index in [0.29, 0.717) is 25.6 Å². The van der Waals surface area contributed by atoms with Crippen LogP contribution in [0.4, 0.5) is 8.78 Å². The van der Waals surface area contributed by atoms with E-state index >= 15 is 0 Å². The van der Waals surface area contributed by atoms with Gasteiger partial charge in [0.05, 0.1) is 12.7 Å². The second-order valence-electron chi connectivity index (χ2n) is 6.47. The van der Waals surface area contributed by atoms with Crippen molar-refractivity contribution in [3.63, 3.8) is 0 Å². The molecule has 0 aromatic rings. The van der Waals surface area contributed by atoms with Crippen LogP contribution < -0.4 is 0 Å². The molecule has 1 amide bonds. The molecule has 0 unspecified atom stereocenters. The Kier molecular flexibility index (Phi) is 3.71. The molecule has 0 N–H and O–H groups in total. The van der Waals surface area contributed by atoms with Crippen LogP contribution in [0.3, 0.4) is 0 Å². The van der Waals surface area contributed by atoms with E-state index in [1.165, 1.54) is 0 Å². The molecule has 0 aromatic carbocycles. The summed E-state index contributed by atoms with van der Waals surface area (Å²) < 4.78 is 31.6. The number of fused-ring (bicyclic) bond motifs is 1. The Morgan fingerprint density at radius 3 is 2.70 bits per heavy atom. The minimum atomic E-state index is -2.62. The Morgan fingerprint density at radius 2 is 2.00 bits per heavy atom. The van der Waals surface area contributed by atoms with E-state index in [1.54, 1.807) is 4.90 Å². The molecule has 0 radical (unpaired) electrons. The van der Waals surface area contributed by atoms with Crippen LogP contribution in [0.1, 0.15) is 19.3 Å². The van der Waals surface area contributed by atoms with Crippen molar-refractivity contribution in [1.29, 1.82) is 0 Å². The molecule has 6 heteroatoms. The Balaban J connectivity index is 1.57. The smallest absolute Gasteiger partial charge is 0.249 e. The molecule has 3 aliphatic rings. The number of carbonyl (C=O) groups is 1. The minimum absolute atomic E-state index is 0.0678. The van der Waals surface area contributed by atoms with E-state index in [0.717, 1.165) is 19.5 Å². The number of piperidine rings is 1. The maximum Gasteiger partial charge on any atom is 0.249 e. The molecule has 4 nitrogen and oxygen atoms in total. The van der Waals surface area contributed by atoms with Gasteiger partial charge in [-0.1, -0.05) is 0 Å². The first-order valence-corrected chi connectivity index (χ1v) is 7.41. The molecule has 20 heavy (non-hydrogen) atoms. The molecule has 2 heterocycles. The van der Waals surface area contributed by atoms with E-state index in [9.17, 15) is 13.6 Å². The van der Waals surface area contributed by atoms with Crippen LogP contribution in [0.15, 0.2) is 0 Å². The van der Waals surface area contributed by atoms with Crippen molar-refractivity contribution >= 4 is 5.91 Å². The number of hydrogen-bond donors (Lipinski definition) is 0. The highest BCUT2D eigenvalue weighted by Crippen LogP contribution is 2.43. The molecule has 0 bridgehead atoms. The van der Waals surface area contributed by atoms with E-state index in [2.05, 4.69) is 11.9 Å². The highest BCUT2D eigenvalue weighted by Gasteiger charge is 2.50. The number of halogens is 2. The highest BCUT2D eigenvalue weighted by molar-refractivity contribution is 5.80. The van der Waals surface area contributed by atoms with Crippen molar-refractivity contribution in [3.05, 3.63) is 0 Å². The van der Waals surface area contributed by atoms with Crippen LogP contribution in [0.2, 0.25) is 0 Å². The third kappa shape index (κ3) is 2.81. The van der Waals surface area contributed by atoms with Gasteiger partial charge in [-0.2, -0.15) is 0 Å². The Bertz CT molecular complexity index is 383. The average molecular weight is 288 g/mol. The third-order valence-electron chi connectivity index (χ3n) is 4.80.